The molecule has 80 valence electrons. The molecule has 0 spiro atoms. The molecule has 2 fully saturated rings. The van der Waals surface area contributed by atoms with Gasteiger partial charge in [-0.05, 0) is 32.1 Å². The molecule has 0 aromatic heterocycles. The zero-order valence-corrected chi connectivity index (χ0v) is 9.08. The average Bonchev–Trinajstić information content (AvgIpc) is 2.08. The van der Waals surface area contributed by atoms with E-state index in [9.17, 15) is 4.79 Å². The number of esters is 1. The third kappa shape index (κ3) is 1.26. The predicted molar refractivity (Wildman–Crippen MR) is 54.0 cm³/mol. The maximum Gasteiger partial charge on any atom is 0.323 e. The molecular formula is C11H19NO2. The summed E-state index contributed by atoms with van der Waals surface area (Å²) in [7, 11) is 1.48. The smallest absolute Gasteiger partial charge is 0.323 e. The minimum atomic E-state index is -0.0454. The van der Waals surface area contributed by atoms with E-state index in [1.807, 2.05) is 0 Å². The Morgan fingerprint density at radius 2 is 2.29 bits per heavy atom. The van der Waals surface area contributed by atoms with Crippen molar-refractivity contribution in [3.05, 3.63) is 0 Å². The molecule has 1 atom stereocenters. The summed E-state index contributed by atoms with van der Waals surface area (Å²) in [5.41, 5.74) is 0.344. The van der Waals surface area contributed by atoms with Gasteiger partial charge in [0, 0.05) is 12.1 Å². The molecule has 1 saturated heterocycles. The van der Waals surface area contributed by atoms with Crippen molar-refractivity contribution in [1.29, 1.82) is 0 Å². The van der Waals surface area contributed by atoms with Crippen molar-refractivity contribution in [2.24, 2.45) is 0 Å². The molecule has 2 aliphatic rings. The standard InChI is InChI=1S/C11H19NO2/c1-3-11(6-4-7-11)12-8-5-9(12)10(13)14-2/h9H,3-8H2,1-2H3. The molecule has 0 bridgehead atoms. The summed E-state index contributed by atoms with van der Waals surface area (Å²) in [4.78, 5) is 13.8. The maximum atomic E-state index is 11.4. The van der Waals surface area contributed by atoms with E-state index in [2.05, 4.69) is 11.8 Å². The van der Waals surface area contributed by atoms with Gasteiger partial charge < -0.3 is 4.74 Å². The van der Waals surface area contributed by atoms with Crippen LogP contribution in [-0.2, 0) is 9.53 Å². The summed E-state index contributed by atoms with van der Waals surface area (Å²) in [6.45, 7) is 3.30. The molecule has 14 heavy (non-hydrogen) atoms. The van der Waals surface area contributed by atoms with E-state index in [0.29, 0.717) is 5.54 Å². The third-order valence-corrected chi connectivity index (χ3v) is 4.04. The van der Waals surface area contributed by atoms with Crippen molar-refractivity contribution in [2.45, 2.75) is 50.6 Å². The highest BCUT2D eigenvalue weighted by molar-refractivity contribution is 5.76. The van der Waals surface area contributed by atoms with Crippen LogP contribution < -0.4 is 0 Å². The van der Waals surface area contributed by atoms with Gasteiger partial charge in [-0.15, -0.1) is 0 Å². The van der Waals surface area contributed by atoms with Gasteiger partial charge in [-0.3, -0.25) is 9.69 Å². The Morgan fingerprint density at radius 1 is 1.57 bits per heavy atom. The van der Waals surface area contributed by atoms with Gasteiger partial charge in [0.15, 0.2) is 0 Å². The van der Waals surface area contributed by atoms with E-state index in [1.165, 1.54) is 32.8 Å². The van der Waals surface area contributed by atoms with E-state index in [1.54, 1.807) is 0 Å². The zero-order chi connectivity index (χ0) is 10.2. The van der Waals surface area contributed by atoms with Gasteiger partial charge >= 0.3 is 5.97 Å². The van der Waals surface area contributed by atoms with Crippen molar-refractivity contribution < 1.29 is 9.53 Å². The van der Waals surface area contributed by atoms with E-state index in [4.69, 9.17) is 4.74 Å². The molecule has 1 heterocycles. The molecule has 1 aliphatic carbocycles. The van der Waals surface area contributed by atoms with Crippen LogP contribution in [0.5, 0.6) is 0 Å². The van der Waals surface area contributed by atoms with Crippen molar-refractivity contribution >= 4 is 5.97 Å². The van der Waals surface area contributed by atoms with Gasteiger partial charge in [0.1, 0.15) is 6.04 Å². The molecule has 0 aromatic carbocycles. The summed E-state index contributed by atoms with van der Waals surface area (Å²) >= 11 is 0. The number of carbonyl (C=O) groups excluding carboxylic acids is 1. The zero-order valence-electron chi connectivity index (χ0n) is 9.08. The summed E-state index contributed by atoms with van der Waals surface area (Å²) in [6.07, 6.45) is 5.99. The summed E-state index contributed by atoms with van der Waals surface area (Å²) in [5.74, 6) is -0.0454. The summed E-state index contributed by atoms with van der Waals surface area (Å²) in [5, 5.41) is 0. The molecule has 3 nitrogen and oxygen atoms in total. The molecule has 2 rings (SSSR count). The first kappa shape index (κ1) is 9.97. The minimum Gasteiger partial charge on any atom is -0.468 e. The topological polar surface area (TPSA) is 29.5 Å². The van der Waals surface area contributed by atoms with Crippen molar-refractivity contribution in [3.63, 3.8) is 0 Å². The van der Waals surface area contributed by atoms with Crippen molar-refractivity contribution in [3.8, 4) is 0 Å². The van der Waals surface area contributed by atoms with Crippen LogP contribution >= 0.6 is 0 Å². The van der Waals surface area contributed by atoms with Gasteiger partial charge in [0.05, 0.1) is 7.11 Å². The lowest BCUT2D eigenvalue weighted by Gasteiger charge is -2.57. The van der Waals surface area contributed by atoms with Crippen molar-refractivity contribution in [2.75, 3.05) is 13.7 Å². The van der Waals surface area contributed by atoms with Crippen LogP contribution in [0.4, 0.5) is 0 Å². The fourth-order valence-electron chi connectivity index (χ4n) is 2.76. The SMILES string of the molecule is CCC1(N2CCC2C(=O)OC)CCC1. The first-order valence-corrected chi connectivity index (χ1v) is 5.58. The van der Waals surface area contributed by atoms with E-state index in [-0.39, 0.29) is 12.0 Å². The van der Waals surface area contributed by atoms with E-state index < -0.39 is 0 Å². The van der Waals surface area contributed by atoms with Gasteiger partial charge in [-0.2, -0.15) is 0 Å². The number of methoxy groups -OCH3 is 1. The Kier molecular flexibility index (Phi) is 2.52. The highest BCUT2D eigenvalue weighted by Gasteiger charge is 2.50. The third-order valence-electron chi connectivity index (χ3n) is 4.04. The molecular weight excluding hydrogens is 178 g/mol. The monoisotopic (exact) mass is 197 g/mol. The highest BCUT2D eigenvalue weighted by atomic mass is 16.5. The summed E-state index contributed by atoms with van der Waals surface area (Å²) < 4.78 is 4.81. The maximum absolute atomic E-state index is 11.4. The molecule has 1 unspecified atom stereocenters. The number of rotatable bonds is 3. The second kappa shape index (κ2) is 3.54. The summed E-state index contributed by atoms with van der Waals surface area (Å²) in [6, 6.07) is 0.0558. The van der Waals surface area contributed by atoms with Gasteiger partial charge in [0.25, 0.3) is 0 Å². The quantitative estimate of drug-likeness (QED) is 0.643. The molecule has 1 saturated carbocycles. The Hall–Kier alpha value is -0.570. The number of hydrogen-bond acceptors (Lipinski definition) is 3. The van der Waals surface area contributed by atoms with Crippen LogP contribution in [-0.4, -0.2) is 36.1 Å². The number of carbonyl (C=O) groups is 1. The fourth-order valence-corrected chi connectivity index (χ4v) is 2.76. The van der Waals surface area contributed by atoms with Gasteiger partial charge in [0.2, 0.25) is 0 Å². The molecule has 3 heteroatoms. The fraction of sp³-hybridized carbons (Fsp3) is 0.909. The first-order valence-electron chi connectivity index (χ1n) is 5.58. The van der Waals surface area contributed by atoms with Crippen LogP contribution in [0.25, 0.3) is 0 Å². The average molecular weight is 197 g/mol. The Morgan fingerprint density at radius 3 is 2.57 bits per heavy atom. The lowest BCUT2D eigenvalue weighted by molar-refractivity contribution is -0.162. The lowest BCUT2D eigenvalue weighted by atomic mass is 9.70. The van der Waals surface area contributed by atoms with Crippen molar-refractivity contribution in [1.82, 2.24) is 4.90 Å². The Labute approximate surface area is 85.4 Å². The lowest BCUT2D eigenvalue weighted by Crippen LogP contribution is -2.66. The van der Waals surface area contributed by atoms with E-state index >= 15 is 0 Å². The molecule has 1 aliphatic heterocycles. The van der Waals surface area contributed by atoms with E-state index in [0.717, 1.165) is 13.0 Å². The number of hydrogen-bond donors (Lipinski definition) is 0. The van der Waals surface area contributed by atoms with Gasteiger partial charge in [-0.1, -0.05) is 6.92 Å². The highest BCUT2D eigenvalue weighted by Crippen LogP contribution is 2.45. The molecule has 0 amide bonds. The largest absolute Gasteiger partial charge is 0.468 e. The Balaban J connectivity index is 2.01. The number of likely N-dealkylation sites (tertiary alicyclic amines) is 1. The number of nitrogens with zero attached hydrogens (tertiary/aromatic N) is 1. The molecule has 0 aromatic rings. The molecule has 0 radical (unpaired) electrons. The Bertz CT molecular complexity index is 230. The normalized spacial score (nSPS) is 30.3. The molecule has 0 N–H and O–H groups in total. The van der Waals surface area contributed by atoms with Crippen LogP contribution in [0.3, 0.4) is 0 Å². The predicted octanol–water partition coefficient (Wildman–Crippen LogP) is 1.57. The second-order valence-corrected chi connectivity index (χ2v) is 4.45. The second-order valence-electron chi connectivity index (χ2n) is 4.45. The number of ether oxygens (including phenoxy) is 1. The van der Waals surface area contributed by atoms with Crippen LogP contribution in [0.15, 0.2) is 0 Å². The van der Waals surface area contributed by atoms with Crippen LogP contribution in [0, 0.1) is 0 Å². The minimum absolute atomic E-state index is 0.0454. The van der Waals surface area contributed by atoms with Crippen LogP contribution in [0.1, 0.15) is 39.0 Å². The van der Waals surface area contributed by atoms with Crippen LogP contribution in [0.2, 0.25) is 0 Å². The van der Waals surface area contributed by atoms with Gasteiger partial charge in [-0.25, -0.2) is 0 Å². The first-order chi connectivity index (χ1) is 6.73.